The Balaban J connectivity index is 2.21. The summed E-state index contributed by atoms with van der Waals surface area (Å²) in [6.07, 6.45) is 1.85. The van der Waals surface area contributed by atoms with Crippen LogP contribution in [0.4, 0.5) is 5.69 Å². The minimum Gasteiger partial charge on any atom is -0.399 e. The molecule has 0 unspecified atom stereocenters. The van der Waals surface area contributed by atoms with Gasteiger partial charge in [0.25, 0.3) is 5.91 Å². The van der Waals surface area contributed by atoms with Crippen molar-refractivity contribution in [1.29, 1.82) is 0 Å². The van der Waals surface area contributed by atoms with E-state index < -0.39 is 0 Å². The average molecular weight is 234 g/mol. The average Bonchev–Trinajstić information content (AvgIpc) is 2.80. The molecule has 1 fully saturated rings. The second-order valence-corrected chi connectivity index (χ2v) is 4.55. The van der Waals surface area contributed by atoms with Crippen molar-refractivity contribution >= 4 is 11.6 Å². The number of nitrogens with zero attached hydrogens (tertiary/aromatic N) is 1. The van der Waals surface area contributed by atoms with Crippen molar-refractivity contribution < 1.29 is 9.90 Å². The summed E-state index contributed by atoms with van der Waals surface area (Å²) in [7, 11) is 0. The molecule has 0 saturated carbocycles. The van der Waals surface area contributed by atoms with Crippen LogP contribution in [0.5, 0.6) is 0 Å². The van der Waals surface area contributed by atoms with E-state index in [1.165, 1.54) is 0 Å². The Morgan fingerprint density at radius 1 is 1.59 bits per heavy atom. The van der Waals surface area contributed by atoms with Crippen LogP contribution < -0.4 is 5.73 Å². The Morgan fingerprint density at radius 2 is 2.35 bits per heavy atom. The number of aliphatic hydroxyl groups is 1. The molecule has 1 aliphatic heterocycles. The van der Waals surface area contributed by atoms with Gasteiger partial charge in [-0.2, -0.15) is 0 Å². The lowest BCUT2D eigenvalue weighted by Crippen LogP contribution is -2.37. The van der Waals surface area contributed by atoms with Gasteiger partial charge in [0.1, 0.15) is 0 Å². The van der Waals surface area contributed by atoms with E-state index in [-0.39, 0.29) is 18.6 Å². The van der Waals surface area contributed by atoms with Crippen LogP contribution in [0.25, 0.3) is 0 Å². The summed E-state index contributed by atoms with van der Waals surface area (Å²) in [5.41, 5.74) is 7.99. The summed E-state index contributed by atoms with van der Waals surface area (Å²) in [4.78, 5) is 14.0. The molecule has 0 aliphatic carbocycles. The van der Waals surface area contributed by atoms with Crippen LogP contribution in [-0.4, -0.2) is 35.1 Å². The van der Waals surface area contributed by atoms with E-state index in [1.54, 1.807) is 17.0 Å². The predicted molar refractivity (Wildman–Crippen MR) is 66.7 cm³/mol. The Kier molecular flexibility index (Phi) is 3.33. The van der Waals surface area contributed by atoms with E-state index in [0.717, 1.165) is 24.9 Å². The van der Waals surface area contributed by atoms with E-state index in [0.29, 0.717) is 11.3 Å². The highest BCUT2D eigenvalue weighted by atomic mass is 16.3. The molecular weight excluding hydrogens is 216 g/mol. The number of aryl methyl sites for hydroxylation is 1. The third kappa shape index (κ3) is 2.26. The SMILES string of the molecule is Cc1cc(C(=O)N2CCC[C@H]2CO)ccc1N. The first kappa shape index (κ1) is 11.9. The molecule has 1 aliphatic rings. The molecule has 0 spiro atoms. The number of hydrogen-bond donors (Lipinski definition) is 2. The number of rotatable bonds is 2. The monoisotopic (exact) mass is 234 g/mol. The Morgan fingerprint density at radius 3 is 3.00 bits per heavy atom. The van der Waals surface area contributed by atoms with Crippen molar-refractivity contribution in [3.05, 3.63) is 29.3 Å². The molecule has 0 radical (unpaired) electrons. The largest absolute Gasteiger partial charge is 0.399 e. The Labute approximate surface area is 101 Å². The van der Waals surface area contributed by atoms with Crippen LogP contribution in [0, 0.1) is 6.92 Å². The summed E-state index contributed by atoms with van der Waals surface area (Å²) < 4.78 is 0. The quantitative estimate of drug-likeness (QED) is 0.755. The summed E-state index contributed by atoms with van der Waals surface area (Å²) in [5.74, 6) is -0.00958. The molecule has 1 aromatic carbocycles. The normalized spacial score (nSPS) is 19.6. The maximum Gasteiger partial charge on any atom is 0.254 e. The molecule has 0 aromatic heterocycles. The molecule has 92 valence electrons. The molecule has 1 saturated heterocycles. The number of carbonyl (C=O) groups excluding carboxylic acids is 1. The van der Waals surface area contributed by atoms with Crippen molar-refractivity contribution in [2.45, 2.75) is 25.8 Å². The van der Waals surface area contributed by atoms with Gasteiger partial charge < -0.3 is 15.7 Å². The predicted octanol–water partition coefficient (Wildman–Crippen LogP) is 1.17. The second-order valence-electron chi connectivity index (χ2n) is 4.55. The van der Waals surface area contributed by atoms with Crippen LogP contribution in [-0.2, 0) is 0 Å². The van der Waals surface area contributed by atoms with Gasteiger partial charge in [0.05, 0.1) is 12.6 Å². The van der Waals surface area contributed by atoms with Crippen molar-refractivity contribution in [2.24, 2.45) is 0 Å². The van der Waals surface area contributed by atoms with E-state index in [9.17, 15) is 9.90 Å². The first-order valence-electron chi connectivity index (χ1n) is 5.91. The van der Waals surface area contributed by atoms with Crippen LogP contribution in [0.1, 0.15) is 28.8 Å². The molecule has 1 aromatic rings. The number of anilines is 1. The van der Waals surface area contributed by atoms with Gasteiger partial charge in [0, 0.05) is 17.8 Å². The van der Waals surface area contributed by atoms with Crippen molar-refractivity contribution in [3.8, 4) is 0 Å². The lowest BCUT2D eigenvalue weighted by molar-refractivity contribution is 0.0677. The molecule has 4 heteroatoms. The standard InChI is InChI=1S/C13H18N2O2/c1-9-7-10(4-5-12(9)14)13(17)15-6-2-3-11(15)8-16/h4-5,7,11,16H,2-3,6,8,14H2,1H3/t11-/m0/s1. The van der Waals surface area contributed by atoms with Gasteiger partial charge in [-0.25, -0.2) is 0 Å². The first-order valence-corrected chi connectivity index (χ1v) is 5.91. The van der Waals surface area contributed by atoms with E-state index >= 15 is 0 Å². The van der Waals surface area contributed by atoms with Gasteiger partial charge in [-0.3, -0.25) is 4.79 Å². The smallest absolute Gasteiger partial charge is 0.254 e. The maximum atomic E-state index is 12.3. The fraction of sp³-hybridized carbons (Fsp3) is 0.462. The van der Waals surface area contributed by atoms with Gasteiger partial charge in [-0.1, -0.05) is 0 Å². The summed E-state index contributed by atoms with van der Waals surface area (Å²) in [5, 5.41) is 9.22. The molecule has 1 atom stereocenters. The van der Waals surface area contributed by atoms with Gasteiger partial charge in [-0.15, -0.1) is 0 Å². The lowest BCUT2D eigenvalue weighted by atomic mass is 10.1. The molecule has 17 heavy (non-hydrogen) atoms. The van der Waals surface area contributed by atoms with Crippen LogP contribution >= 0.6 is 0 Å². The van der Waals surface area contributed by atoms with Crippen LogP contribution in [0.2, 0.25) is 0 Å². The molecule has 4 nitrogen and oxygen atoms in total. The highest BCUT2D eigenvalue weighted by Gasteiger charge is 2.28. The zero-order chi connectivity index (χ0) is 12.4. The van der Waals surface area contributed by atoms with Gasteiger partial charge in [0.15, 0.2) is 0 Å². The maximum absolute atomic E-state index is 12.3. The zero-order valence-electron chi connectivity index (χ0n) is 10.0. The van der Waals surface area contributed by atoms with Gasteiger partial charge in [0.2, 0.25) is 0 Å². The second kappa shape index (κ2) is 4.75. The fourth-order valence-electron chi connectivity index (χ4n) is 2.27. The summed E-state index contributed by atoms with van der Waals surface area (Å²) in [6, 6.07) is 5.29. The number of carbonyl (C=O) groups is 1. The third-order valence-electron chi connectivity index (χ3n) is 3.37. The van der Waals surface area contributed by atoms with Gasteiger partial charge in [-0.05, 0) is 43.5 Å². The number of aliphatic hydroxyl groups excluding tert-OH is 1. The zero-order valence-corrected chi connectivity index (χ0v) is 10.0. The van der Waals surface area contributed by atoms with Crippen molar-refractivity contribution in [3.63, 3.8) is 0 Å². The minimum absolute atomic E-state index is 0.00958. The molecular formula is C13H18N2O2. The topological polar surface area (TPSA) is 66.6 Å². The molecule has 2 rings (SSSR count). The summed E-state index contributed by atoms with van der Waals surface area (Å²) in [6.45, 7) is 2.66. The molecule has 1 amide bonds. The van der Waals surface area contributed by atoms with E-state index in [1.807, 2.05) is 13.0 Å². The van der Waals surface area contributed by atoms with Crippen molar-refractivity contribution in [2.75, 3.05) is 18.9 Å². The number of nitrogen functional groups attached to an aromatic ring is 1. The highest BCUT2D eigenvalue weighted by Crippen LogP contribution is 2.21. The van der Waals surface area contributed by atoms with Crippen LogP contribution in [0.15, 0.2) is 18.2 Å². The fourth-order valence-corrected chi connectivity index (χ4v) is 2.27. The number of nitrogens with two attached hydrogens (primary N) is 1. The van der Waals surface area contributed by atoms with Gasteiger partial charge >= 0.3 is 0 Å². The summed E-state index contributed by atoms with van der Waals surface area (Å²) >= 11 is 0. The molecule has 0 bridgehead atoms. The third-order valence-corrected chi connectivity index (χ3v) is 3.37. The van der Waals surface area contributed by atoms with E-state index in [4.69, 9.17) is 5.73 Å². The van der Waals surface area contributed by atoms with Crippen molar-refractivity contribution in [1.82, 2.24) is 4.90 Å². The number of amides is 1. The van der Waals surface area contributed by atoms with Crippen LogP contribution in [0.3, 0.4) is 0 Å². The molecule has 3 N–H and O–H groups in total. The molecule has 1 heterocycles. The minimum atomic E-state index is -0.0274. The number of likely N-dealkylation sites (tertiary alicyclic amines) is 1. The number of hydrogen-bond acceptors (Lipinski definition) is 3. The van der Waals surface area contributed by atoms with E-state index in [2.05, 4.69) is 0 Å². The number of benzene rings is 1. The lowest BCUT2D eigenvalue weighted by Gasteiger charge is -2.23. The highest BCUT2D eigenvalue weighted by molar-refractivity contribution is 5.95. The Hall–Kier alpha value is -1.55. The Bertz CT molecular complexity index is 431. The first-order chi connectivity index (χ1) is 8.13.